The fourth-order valence-corrected chi connectivity index (χ4v) is 6.70. The zero-order chi connectivity index (χ0) is 19.4. The van der Waals surface area contributed by atoms with Gasteiger partial charge in [0.1, 0.15) is 0 Å². The molecule has 3 unspecified atom stereocenters. The summed E-state index contributed by atoms with van der Waals surface area (Å²) >= 11 is 0. The van der Waals surface area contributed by atoms with Gasteiger partial charge in [-0.3, -0.25) is 9.89 Å². The molecule has 1 saturated heterocycles. The van der Waals surface area contributed by atoms with E-state index in [-0.39, 0.29) is 29.7 Å². The third kappa shape index (κ3) is 5.51. The molecule has 3 atom stereocenters. The number of hydrogen-bond acceptors (Lipinski definition) is 4. The van der Waals surface area contributed by atoms with Gasteiger partial charge in [0.05, 0.1) is 5.75 Å². The summed E-state index contributed by atoms with van der Waals surface area (Å²) in [5.74, 6) is 2.86. The molecule has 0 aromatic rings. The molecular formula is C19H38IN5O2S. The summed E-state index contributed by atoms with van der Waals surface area (Å²) in [5, 5.41) is 3.26. The van der Waals surface area contributed by atoms with Gasteiger partial charge < -0.3 is 10.2 Å². The van der Waals surface area contributed by atoms with Crippen LogP contribution >= 0.6 is 24.0 Å². The smallest absolute Gasteiger partial charge is 0.215 e. The third-order valence-electron chi connectivity index (χ3n) is 6.74. The zero-order valence-corrected chi connectivity index (χ0v) is 20.8. The minimum Gasteiger partial charge on any atom is -0.355 e. The topological polar surface area (TPSA) is 68.2 Å². The molecule has 9 heteroatoms. The maximum atomic E-state index is 12.3. The van der Waals surface area contributed by atoms with Gasteiger partial charge in [-0.25, -0.2) is 12.7 Å². The molecule has 2 bridgehead atoms. The van der Waals surface area contributed by atoms with Gasteiger partial charge in [0.15, 0.2) is 5.96 Å². The molecule has 1 N–H and O–H groups in total. The summed E-state index contributed by atoms with van der Waals surface area (Å²) in [4.78, 5) is 9.35. The Morgan fingerprint density at radius 2 is 1.79 bits per heavy atom. The van der Waals surface area contributed by atoms with E-state index < -0.39 is 10.0 Å². The molecule has 0 aromatic carbocycles. The summed E-state index contributed by atoms with van der Waals surface area (Å²) in [7, 11) is -1.41. The van der Waals surface area contributed by atoms with Gasteiger partial charge in [-0.05, 0) is 31.1 Å². The monoisotopic (exact) mass is 527 g/mol. The van der Waals surface area contributed by atoms with Gasteiger partial charge >= 0.3 is 0 Å². The van der Waals surface area contributed by atoms with Gasteiger partial charge in [-0.15, -0.1) is 24.0 Å². The molecule has 0 radical (unpaired) electrons. The van der Waals surface area contributed by atoms with Crippen molar-refractivity contribution in [3.63, 3.8) is 0 Å². The molecule has 3 fully saturated rings. The lowest BCUT2D eigenvalue weighted by Crippen LogP contribution is -2.56. The van der Waals surface area contributed by atoms with Crippen molar-refractivity contribution in [1.29, 1.82) is 0 Å². The standard InChI is InChI=1S/C19H37N5O2S.HI/c1-4-24(5-2)27(25,26)13-8-21-19(20-3)23-11-9-22(10-12-23)18-15-16-6-7-17(18)14-16;/h16-18H,4-15H2,1-3H3,(H,20,21);1H. The van der Waals surface area contributed by atoms with Gasteiger partial charge in [0.2, 0.25) is 10.0 Å². The normalized spacial score (nSPS) is 28.6. The Kier molecular flexibility index (Phi) is 9.28. The lowest BCUT2D eigenvalue weighted by molar-refractivity contribution is 0.0959. The summed E-state index contributed by atoms with van der Waals surface area (Å²) in [6.45, 7) is 9.33. The van der Waals surface area contributed by atoms with Crippen molar-refractivity contribution in [2.75, 3.05) is 58.6 Å². The molecule has 3 aliphatic rings. The average molecular weight is 528 g/mol. The zero-order valence-electron chi connectivity index (χ0n) is 17.6. The Labute approximate surface area is 188 Å². The van der Waals surface area contributed by atoms with E-state index in [4.69, 9.17) is 0 Å². The number of halogens is 1. The summed E-state index contributed by atoms with van der Waals surface area (Å²) in [6, 6.07) is 0.806. The first-order valence-electron chi connectivity index (χ1n) is 10.7. The Morgan fingerprint density at radius 1 is 1.11 bits per heavy atom. The molecule has 2 saturated carbocycles. The van der Waals surface area contributed by atoms with Crippen molar-refractivity contribution in [2.24, 2.45) is 16.8 Å². The second-order valence-electron chi connectivity index (χ2n) is 8.14. The number of rotatable bonds is 7. The highest BCUT2D eigenvalue weighted by atomic mass is 127. The highest BCUT2D eigenvalue weighted by Gasteiger charge is 2.42. The van der Waals surface area contributed by atoms with Crippen molar-refractivity contribution < 1.29 is 8.42 Å². The fraction of sp³-hybridized carbons (Fsp3) is 0.947. The van der Waals surface area contributed by atoms with Gasteiger partial charge in [-0.1, -0.05) is 20.3 Å². The van der Waals surface area contributed by atoms with Crippen molar-refractivity contribution in [3.05, 3.63) is 0 Å². The molecule has 0 aromatic heterocycles. The predicted octanol–water partition coefficient (Wildman–Crippen LogP) is 1.66. The number of fused-ring (bicyclic) bond motifs is 2. The van der Waals surface area contributed by atoms with Crippen LogP contribution in [0.3, 0.4) is 0 Å². The third-order valence-corrected chi connectivity index (χ3v) is 8.76. The van der Waals surface area contributed by atoms with Crippen molar-refractivity contribution in [1.82, 2.24) is 19.4 Å². The van der Waals surface area contributed by atoms with E-state index >= 15 is 0 Å². The number of aliphatic imine (C=N–C) groups is 1. The minimum atomic E-state index is -3.19. The van der Waals surface area contributed by atoms with Crippen LogP contribution in [0.5, 0.6) is 0 Å². The van der Waals surface area contributed by atoms with Crippen LogP contribution < -0.4 is 5.32 Å². The molecule has 1 heterocycles. The van der Waals surface area contributed by atoms with Gasteiger partial charge in [0.25, 0.3) is 0 Å². The van der Waals surface area contributed by atoms with Crippen LogP contribution in [-0.4, -0.2) is 93.1 Å². The number of piperazine rings is 1. The molecule has 0 amide bonds. The average Bonchev–Trinajstić information content (AvgIpc) is 3.30. The molecule has 7 nitrogen and oxygen atoms in total. The second kappa shape index (κ2) is 10.8. The van der Waals surface area contributed by atoms with E-state index in [1.807, 2.05) is 13.8 Å². The van der Waals surface area contributed by atoms with Gasteiger partial charge in [0, 0.05) is 58.9 Å². The number of sulfonamides is 1. The number of nitrogens with zero attached hydrogens (tertiary/aromatic N) is 4. The van der Waals surface area contributed by atoms with E-state index in [0.717, 1.165) is 50.0 Å². The fourth-order valence-electron chi connectivity index (χ4n) is 5.29. The largest absolute Gasteiger partial charge is 0.355 e. The van der Waals surface area contributed by atoms with Crippen LogP contribution in [0.4, 0.5) is 0 Å². The highest BCUT2D eigenvalue weighted by molar-refractivity contribution is 14.0. The molecule has 0 spiro atoms. The van der Waals surface area contributed by atoms with E-state index in [1.165, 1.54) is 30.0 Å². The van der Waals surface area contributed by atoms with E-state index in [2.05, 4.69) is 20.1 Å². The lowest BCUT2D eigenvalue weighted by atomic mass is 9.93. The van der Waals surface area contributed by atoms with E-state index in [9.17, 15) is 8.42 Å². The van der Waals surface area contributed by atoms with Crippen LogP contribution in [0.2, 0.25) is 0 Å². The van der Waals surface area contributed by atoms with Crippen LogP contribution in [0, 0.1) is 11.8 Å². The number of nitrogens with one attached hydrogen (secondary N) is 1. The van der Waals surface area contributed by atoms with Crippen molar-refractivity contribution in [3.8, 4) is 0 Å². The number of hydrogen-bond donors (Lipinski definition) is 1. The first-order chi connectivity index (χ1) is 13.0. The maximum Gasteiger partial charge on any atom is 0.215 e. The van der Waals surface area contributed by atoms with Crippen LogP contribution in [-0.2, 0) is 10.0 Å². The SMILES string of the molecule is CCN(CC)S(=O)(=O)CCNC(=NC)N1CCN(C2CC3CCC2C3)CC1.I. The second-order valence-corrected chi connectivity index (χ2v) is 10.2. The van der Waals surface area contributed by atoms with E-state index in [0.29, 0.717) is 19.6 Å². The maximum absolute atomic E-state index is 12.3. The molecule has 2 aliphatic carbocycles. The van der Waals surface area contributed by atoms with Crippen LogP contribution in [0.15, 0.2) is 4.99 Å². The summed E-state index contributed by atoms with van der Waals surface area (Å²) in [5.41, 5.74) is 0. The summed E-state index contributed by atoms with van der Waals surface area (Å²) < 4.78 is 26.2. The van der Waals surface area contributed by atoms with E-state index in [1.54, 1.807) is 7.05 Å². The molecule has 164 valence electrons. The summed E-state index contributed by atoms with van der Waals surface area (Å²) in [6.07, 6.45) is 5.74. The molecule has 3 rings (SSSR count). The Hall–Kier alpha value is -0.130. The number of guanidine groups is 1. The van der Waals surface area contributed by atoms with Crippen molar-refractivity contribution in [2.45, 2.75) is 45.6 Å². The highest BCUT2D eigenvalue weighted by Crippen LogP contribution is 2.46. The van der Waals surface area contributed by atoms with Crippen LogP contribution in [0.25, 0.3) is 0 Å². The predicted molar refractivity (Wildman–Crippen MR) is 126 cm³/mol. The molecule has 1 aliphatic heterocycles. The Morgan fingerprint density at radius 3 is 2.29 bits per heavy atom. The Balaban J connectivity index is 0.00000280. The first kappa shape index (κ1) is 24.1. The lowest BCUT2D eigenvalue weighted by Gasteiger charge is -2.42. The molecule has 28 heavy (non-hydrogen) atoms. The Bertz CT molecular complexity index is 618. The van der Waals surface area contributed by atoms with Crippen LogP contribution in [0.1, 0.15) is 39.5 Å². The van der Waals surface area contributed by atoms with Crippen molar-refractivity contribution >= 4 is 40.0 Å². The first-order valence-corrected chi connectivity index (χ1v) is 12.3. The quantitative estimate of drug-likeness (QED) is 0.310. The molecular weight excluding hydrogens is 489 g/mol. The van der Waals surface area contributed by atoms with Gasteiger partial charge in [-0.2, -0.15) is 0 Å². The minimum absolute atomic E-state index is 0.